The quantitative estimate of drug-likeness (QED) is 0.917. The largest absolute Gasteiger partial charge is 0.306 e. The molecule has 1 N–H and O–H groups in total. The lowest BCUT2D eigenvalue weighted by molar-refractivity contribution is 0.615. The summed E-state index contributed by atoms with van der Waals surface area (Å²) in [5, 5.41) is 7.74. The summed E-state index contributed by atoms with van der Waals surface area (Å²) in [6.45, 7) is 6.67. The number of hydrogen-bond donors (Lipinski definition) is 1. The Labute approximate surface area is 116 Å². The molecule has 2 aromatic rings. The SMILES string of the molecule is C=C(Br)CNC(C)c1cnn(-c2ccccc2)c1. The number of aromatic nitrogens is 2. The zero-order valence-electron chi connectivity index (χ0n) is 10.3. The zero-order chi connectivity index (χ0) is 13.0. The fourth-order valence-corrected chi connectivity index (χ4v) is 1.83. The summed E-state index contributed by atoms with van der Waals surface area (Å²) in [5.41, 5.74) is 2.23. The highest BCUT2D eigenvalue weighted by molar-refractivity contribution is 9.11. The summed E-state index contributed by atoms with van der Waals surface area (Å²) in [6, 6.07) is 10.3. The van der Waals surface area contributed by atoms with Crippen molar-refractivity contribution in [3.05, 3.63) is 59.4 Å². The number of nitrogens with one attached hydrogen (secondary N) is 1. The number of hydrogen-bond acceptors (Lipinski definition) is 2. The second kappa shape index (κ2) is 5.98. The van der Waals surface area contributed by atoms with Crippen LogP contribution in [-0.4, -0.2) is 16.3 Å². The van der Waals surface area contributed by atoms with Gasteiger partial charge >= 0.3 is 0 Å². The van der Waals surface area contributed by atoms with Gasteiger partial charge in [-0.15, -0.1) is 0 Å². The van der Waals surface area contributed by atoms with Crippen molar-refractivity contribution in [2.45, 2.75) is 13.0 Å². The Morgan fingerprint density at radius 2 is 2.17 bits per heavy atom. The molecule has 0 radical (unpaired) electrons. The summed E-state index contributed by atoms with van der Waals surface area (Å²) in [7, 11) is 0. The first-order chi connectivity index (χ1) is 8.66. The molecule has 1 atom stereocenters. The average Bonchev–Trinajstić information content (AvgIpc) is 2.86. The van der Waals surface area contributed by atoms with Crippen molar-refractivity contribution in [1.29, 1.82) is 0 Å². The van der Waals surface area contributed by atoms with Gasteiger partial charge < -0.3 is 5.32 Å². The van der Waals surface area contributed by atoms with Crippen LogP contribution in [0.4, 0.5) is 0 Å². The standard InChI is InChI=1S/C14H16BrN3/c1-11(15)8-16-12(2)13-9-17-18(10-13)14-6-4-3-5-7-14/h3-7,9-10,12,16H,1,8H2,2H3. The highest BCUT2D eigenvalue weighted by atomic mass is 79.9. The van der Waals surface area contributed by atoms with E-state index in [-0.39, 0.29) is 6.04 Å². The van der Waals surface area contributed by atoms with Crippen LogP contribution in [0.15, 0.2) is 53.8 Å². The minimum absolute atomic E-state index is 0.247. The molecule has 3 nitrogen and oxygen atoms in total. The minimum Gasteiger partial charge on any atom is -0.306 e. The molecule has 1 aromatic carbocycles. The molecule has 0 bridgehead atoms. The molecule has 1 unspecified atom stereocenters. The lowest BCUT2D eigenvalue weighted by Crippen LogP contribution is -2.19. The minimum atomic E-state index is 0.247. The summed E-state index contributed by atoms with van der Waals surface area (Å²) in [6.07, 6.45) is 3.94. The fourth-order valence-electron chi connectivity index (χ4n) is 1.66. The molecule has 0 aliphatic carbocycles. The van der Waals surface area contributed by atoms with Gasteiger partial charge in [0.15, 0.2) is 0 Å². The Morgan fingerprint density at radius 3 is 2.83 bits per heavy atom. The van der Waals surface area contributed by atoms with E-state index < -0.39 is 0 Å². The first kappa shape index (κ1) is 13.1. The summed E-state index contributed by atoms with van der Waals surface area (Å²) in [5.74, 6) is 0. The molecule has 1 heterocycles. The molecule has 0 aliphatic heterocycles. The maximum absolute atomic E-state index is 4.38. The predicted octanol–water partition coefficient (Wildman–Crippen LogP) is 3.43. The second-order valence-electron chi connectivity index (χ2n) is 4.17. The van der Waals surface area contributed by atoms with Crippen LogP contribution in [0.25, 0.3) is 5.69 Å². The van der Waals surface area contributed by atoms with Crippen molar-refractivity contribution in [3.8, 4) is 5.69 Å². The van der Waals surface area contributed by atoms with Crippen LogP contribution in [0.2, 0.25) is 0 Å². The molecular formula is C14H16BrN3. The molecular weight excluding hydrogens is 290 g/mol. The van der Waals surface area contributed by atoms with E-state index in [0.29, 0.717) is 0 Å². The van der Waals surface area contributed by atoms with E-state index >= 15 is 0 Å². The Morgan fingerprint density at radius 1 is 1.44 bits per heavy atom. The van der Waals surface area contributed by atoms with Gasteiger partial charge in [-0.25, -0.2) is 4.68 Å². The van der Waals surface area contributed by atoms with E-state index in [0.717, 1.165) is 22.3 Å². The monoisotopic (exact) mass is 305 g/mol. The van der Waals surface area contributed by atoms with E-state index in [1.165, 1.54) is 0 Å². The number of benzene rings is 1. The predicted molar refractivity (Wildman–Crippen MR) is 78.0 cm³/mol. The maximum Gasteiger partial charge on any atom is 0.0645 e. The molecule has 4 heteroatoms. The molecule has 0 spiro atoms. The lowest BCUT2D eigenvalue weighted by Gasteiger charge is -2.10. The van der Waals surface area contributed by atoms with Crippen LogP contribution in [0, 0.1) is 0 Å². The molecule has 1 aromatic heterocycles. The van der Waals surface area contributed by atoms with Gasteiger partial charge in [0.2, 0.25) is 0 Å². The molecule has 0 amide bonds. The van der Waals surface area contributed by atoms with Crippen LogP contribution in [-0.2, 0) is 0 Å². The third-order valence-corrected chi connectivity index (χ3v) is 3.00. The summed E-state index contributed by atoms with van der Waals surface area (Å²) >= 11 is 3.34. The van der Waals surface area contributed by atoms with Crippen LogP contribution >= 0.6 is 15.9 Å². The molecule has 2 rings (SSSR count). The first-order valence-corrected chi connectivity index (χ1v) is 6.63. The summed E-state index contributed by atoms with van der Waals surface area (Å²) < 4.78 is 2.83. The van der Waals surface area contributed by atoms with E-state index in [1.807, 2.05) is 47.4 Å². The molecule has 0 saturated carbocycles. The smallest absolute Gasteiger partial charge is 0.0645 e. The average molecular weight is 306 g/mol. The van der Waals surface area contributed by atoms with Gasteiger partial charge in [-0.1, -0.05) is 40.7 Å². The normalized spacial score (nSPS) is 12.3. The number of nitrogens with zero attached hydrogens (tertiary/aromatic N) is 2. The van der Waals surface area contributed by atoms with Crippen molar-refractivity contribution in [1.82, 2.24) is 15.1 Å². The molecule has 0 saturated heterocycles. The number of rotatable bonds is 5. The number of para-hydroxylation sites is 1. The van der Waals surface area contributed by atoms with Crippen molar-refractivity contribution in [2.75, 3.05) is 6.54 Å². The van der Waals surface area contributed by atoms with E-state index in [1.54, 1.807) is 0 Å². The van der Waals surface area contributed by atoms with Crippen LogP contribution in [0.1, 0.15) is 18.5 Å². The Kier molecular flexibility index (Phi) is 4.33. The third-order valence-electron chi connectivity index (χ3n) is 2.72. The van der Waals surface area contributed by atoms with Crippen molar-refractivity contribution in [2.24, 2.45) is 0 Å². The van der Waals surface area contributed by atoms with Crippen LogP contribution < -0.4 is 5.32 Å². The highest BCUT2D eigenvalue weighted by Gasteiger charge is 2.08. The van der Waals surface area contributed by atoms with Gasteiger partial charge in [-0.2, -0.15) is 5.10 Å². The van der Waals surface area contributed by atoms with E-state index in [4.69, 9.17) is 0 Å². The third kappa shape index (κ3) is 3.31. The van der Waals surface area contributed by atoms with Gasteiger partial charge in [0, 0.05) is 28.8 Å². The van der Waals surface area contributed by atoms with E-state index in [9.17, 15) is 0 Å². The van der Waals surface area contributed by atoms with Crippen molar-refractivity contribution >= 4 is 15.9 Å². The Bertz CT molecular complexity index is 519. The highest BCUT2D eigenvalue weighted by Crippen LogP contribution is 2.14. The second-order valence-corrected chi connectivity index (χ2v) is 5.30. The first-order valence-electron chi connectivity index (χ1n) is 5.83. The fraction of sp³-hybridized carbons (Fsp3) is 0.214. The van der Waals surface area contributed by atoms with Gasteiger partial charge in [-0.3, -0.25) is 0 Å². The number of halogens is 1. The van der Waals surface area contributed by atoms with Crippen LogP contribution in [0.5, 0.6) is 0 Å². The van der Waals surface area contributed by atoms with Gasteiger partial charge in [0.1, 0.15) is 0 Å². The van der Waals surface area contributed by atoms with E-state index in [2.05, 4.69) is 39.8 Å². The van der Waals surface area contributed by atoms with Crippen molar-refractivity contribution < 1.29 is 0 Å². The van der Waals surface area contributed by atoms with Crippen molar-refractivity contribution in [3.63, 3.8) is 0 Å². The Balaban J connectivity index is 2.08. The van der Waals surface area contributed by atoms with Gasteiger partial charge in [0.25, 0.3) is 0 Å². The lowest BCUT2D eigenvalue weighted by atomic mass is 10.2. The molecule has 94 valence electrons. The van der Waals surface area contributed by atoms with Gasteiger partial charge in [0.05, 0.1) is 11.9 Å². The topological polar surface area (TPSA) is 29.9 Å². The Hall–Kier alpha value is -1.39. The molecule has 0 aliphatic rings. The maximum atomic E-state index is 4.38. The zero-order valence-corrected chi connectivity index (χ0v) is 11.9. The van der Waals surface area contributed by atoms with Gasteiger partial charge in [-0.05, 0) is 19.1 Å². The summed E-state index contributed by atoms with van der Waals surface area (Å²) in [4.78, 5) is 0. The molecule has 0 fully saturated rings. The van der Waals surface area contributed by atoms with Crippen LogP contribution in [0.3, 0.4) is 0 Å². The molecule has 18 heavy (non-hydrogen) atoms.